The van der Waals surface area contributed by atoms with Gasteiger partial charge in [0, 0.05) is 38.1 Å². The highest BCUT2D eigenvalue weighted by molar-refractivity contribution is 5.81. The normalized spacial score (nSPS) is 24.6. The van der Waals surface area contributed by atoms with Crippen molar-refractivity contribution in [3.63, 3.8) is 0 Å². The smallest absolute Gasteiger partial charge is 0.225 e. The molecule has 0 radical (unpaired) electrons. The molecular weight excluding hydrogens is 340 g/mol. The van der Waals surface area contributed by atoms with Gasteiger partial charge in [-0.15, -0.1) is 0 Å². The second-order valence-electron chi connectivity index (χ2n) is 7.95. The number of amides is 1. The SMILES string of the molecule is CCNC(=NCCC1=CCOCC1)NC1CCN(C(=O)C2CCCCC2)C1. The van der Waals surface area contributed by atoms with Gasteiger partial charge < -0.3 is 20.3 Å². The van der Waals surface area contributed by atoms with Crippen LogP contribution in [0.5, 0.6) is 0 Å². The number of hydrogen-bond acceptors (Lipinski definition) is 3. The number of hydrogen-bond donors (Lipinski definition) is 2. The molecule has 0 aromatic carbocycles. The minimum absolute atomic E-state index is 0.271. The third kappa shape index (κ3) is 6.23. The maximum atomic E-state index is 12.7. The number of nitrogens with zero attached hydrogens (tertiary/aromatic N) is 2. The van der Waals surface area contributed by atoms with Crippen LogP contribution in [0.3, 0.4) is 0 Å². The van der Waals surface area contributed by atoms with Gasteiger partial charge in [-0.1, -0.05) is 30.9 Å². The average Bonchev–Trinajstić information content (AvgIpc) is 3.17. The van der Waals surface area contributed by atoms with E-state index in [1.54, 1.807) is 0 Å². The molecular formula is C21H36N4O2. The molecule has 3 aliphatic rings. The topological polar surface area (TPSA) is 66.0 Å². The molecule has 2 N–H and O–H groups in total. The van der Waals surface area contributed by atoms with Crippen molar-refractivity contribution in [3.8, 4) is 0 Å². The van der Waals surface area contributed by atoms with E-state index < -0.39 is 0 Å². The summed E-state index contributed by atoms with van der Waals surface area (Å²) in [4.78, 5) is 19.6. The molecule has 2 aliphatic heterocycles. The standard InChI is InChI=1S/C21H36N4O2/c1-2-22-21(23-12-8-17-10-14-27-15-11-17)24-19-9-13-25(16-19)20(26)18-6-4-3-5-7-18/h10,18-19H,2-9,11-16H2,1H3,(H2,22,23,24). The Morgan fingerprint density at radius 1 is 1.30 bits per heavy atom. The van der Waals surface area contributed by atoms with Crippen LogP contribution < -0.4 is 10.6 Å². The van der Waals surface area contributed by atoms with Crippen LogP contribution in [0, 0.1) is 5.92 Å². The summed E-state index contributed by atoms with van der Waals surface area (Å²) in [6.07, 6.45) is 11.1. The first-order valence-corrected chi connectivity index (χ1v) is 10.9. The van der Waals surface area contributed by atoms with Crippen molar-refractivity contribution >= 4 is 11.9 Å². The van der Waals surface area contributed by atoms with Gasteiger partial charge in [0.1, 0.15) is 0 Å². The molecule has 0 spiro atoms. The van der Waals surface area contributed by atoms with Crippen molar-refractivity contribution in [1.82, 2.24) is 15.5 Å². The number of carbonyl (C=O) groups excluding carboxylic acids is 1. The fourth-order valence-electron chi connectivity index (χ4n) is 4.30. The summed E-state index contributed by atoms with van der Waals surface area (Å²) in [7, 11) is 0. The van der Waals surface area contributed by atoms with Crippen LogP contribution >= 0.6 is 0 Å². The quantitative estimate of drug-likeness (QED) is 0.425. The van der Waals surface area contributed by atoms with E-state index >= 15 is 0 Å². The zero-order chi connectivity index (χ0) is 18.9. The van der Waals surface area contributed by atoms with E-state index in [2.05, 4.69) is 28.5 Å². The highest BCUT2D eigenvalue weighted by atomic mass is 16.5. The lowest BCUT2D eigenvalue weighted by Gasteiger charge is -2.26. The van der Waals surface area contributed by atoms with Crippen molar-refractivity contribution in [3.05, 3.63) is 11.6 Å². The van der Waals surface area contributed by atoms with Crippen molar-refractivity contribution < 1.29 is 9.53 Å². The number of aliphatic imine (C=N–C) groups is 1. The molecule has 6 heteroatoms. The Morgan fingerprint density at radius 2 is 2.15 bits per heavy atom. The number of nitrogens with one attached hydrogen (secondary N) is 2. The average molecular weight is 377 g/mol. The van der Waals surface area contributed by atoms with Crippen LogP contribution in [-0.4, -0.2) is 62.2 Å². The summed E-state index contributed by atoms with van der Waals surface area (Å²) >= 11 is 0. The van der Waals surface area contributed by atoms with Gasteiger partial charge >= 0.3 is 0 Å². The highest BCUT2D eigenvalue weighted by Crippen LogP contribution is 2.26. The van der Waals surface area contributed by atoms with Crippen molar-refractivity contribution in [2.24, 2.45) is 10.9 Å². The molecule has 0 aromatic rings. The van der Waals surface area contributed by atoms with Gasteiger partial charge in [-0.3, -0.25) is 9.79 Å². The third-order valence-electron chi connectivity index (χ3n) is 5.90. The molecule has 1 aliphatic carbocycles. The Hall–Kier alpha value is -1.56. The summed E-state index contributed by atoms with van der Waals surface area (Å²) in [5.41, 5.74) is 1.45. The Labute approximate surface area is 163 Å². The maximum Gasteiger partial charge on any atom is 0.225 e. The highest BCUT2D eigenvalue weighted by Gasteiger charge is 2.31. The maximum absolute atomic E-state index is 12.7. The van der Waals surface area contributed by atoms with E-state index in [0.717, 1.165) is 77.5 Å². The first kappa shape index (κ1) is 20.2. The lowest BCUT2D eigenvalue weighted by atomic mass is 9.88. The Bertz CT molecular complexity index is 540. The van der Waals surface area contributed by atoms with Gasteiger partial charge in [0.2, 0.25) is 5.91 Å². The summed E-state index contributed by atoms with van der Waals surface area (Å²) < 4.78 is 5.36. The largest absolute Gasteiger partial charge is 0.377 e. The number of ether oxygens (including phenoxy) is 1. The molecule has 27 heavy (non-hydrogen) atoms. The summed E-state index contributed by atoms with van der Waals surface area (Å²) in [5.74, 6) is 1.53. The second-order valence-corrected chi connectivity index (χ2v) is 7.95. The summed E-state index contributed by atoms with van der Waals surface area (Å²) in [6.45, 7) is 6.98. The van der Waals surface area contributed by atoms with E-state index in [-0.39, 0.29) is 5.92 Å². The van der Waals surface area contributed by atoms with Crippen LogP contribution in [0.4, 0.5) is 0 Å². The van der Waals surface area contributed by atoms with Gasteiger partial charge in [-0.2, -0.15) is 0 Å². The first-order valence-electron chi connectivity index (χ1n) is 10.9. The van der Waals surface area contributed by atoms with Crippen molar-refractivity contribution in [2.75, 3.05) is 39.4 Å². The van der Waals surface area contributed by atoms with Crippen molar-refractivity contribution in [1.29, 1.82) is 0 Å². The molecule has 0 bridgehead atoms. The predicted octanol–water partition coefficient (Wildman–Crippen LogP) is 2.46. The molecule has 1 saturated carbocycles. The fraction of sp³-hybridized carbons (Fsp3) is 0.810. The lowest BCUT2D eigenvalue weighted by Crippen LogP contribution is -2.45. The van der Waals surface area contributed by atoms with Crippen molar-refractivity contribution in [2.45, 2.75) is 64.3 Å². The van der Waals surface area contributed by atoms with E-state index in [1.165, 1.54) is 24.8 Å². The van der Waals surface area contributed by atoms with Crippen LogP contribution in [0.1, 0.15) is 58.3 Å². The van der Waals surface area contributed by atoms with Gasteiger partial charge in [0.05, 0.1) is 13.2 Å². The minimum atomic E-state index is 0.271. The van der Waals surface area contributed by atoms with E-state index in [0.29, 0.717) is 11.9 Å². The zero-order valence-corrected chi connectivity index (χ0v) is 16.8. The van der Waals surface area contributed by atoms with E-state index in [1.807, 2.05) is 0 Å². The molecule has 3 rings (SSSR count). The number of guanidine groups is 1. The van der Waals surface area contributed by atoms with E-state index in [4.69, 9.17) is 9.73 Å². The van der Waals surface area contributed by atoms with E-state index in [9.17, 15) is 4.79 Å². The minimum Gasteiger partial charge on any atom is -0.377 e. The molecule has 2 fully saturated rings. The van der Waals surface area contributed by atoms with Crippen LogP contribution in [0.25, 0.3) is 0 Å². The number of likely N-dealkylation sites (tertiary alicyclic amines) is 1. The number of rotatable bonds is 6. The first-order chi connectivity index (χ1) is 13.3. The molecule has 1 atom stereocenters. The Balaban J connectivity index is 1.45. The zero-order valence-electron chi connectivity index (χ0n) is 16.8. The summed E-state index contributed by atoms with van der Waals surface area (Å²) in [5, 5.41) is 6.89. The molecule has 1 saturated heterocycles. The monoisotopic (exact) mass is 376 g/mol. The number of carbonyl (C=O) groups is 1. The van der Waals surface area contributed by atoms with Gasteiger partial charge in [-0.25, -0.2) is 0 Å². The van der Waals surface area contributed by atoms with Crippen LogP contribution in [-0.2, 0) is 9.53 Å². The molecule has 1 amide bonds. The fourth-order valence-corrected chi connectivity index (χ4v) is 4.30. The Kier molecular flexibility index (Phi) is 7.99. The molecule has 152 valence electrons. The van der Waals surface area contributed by atoms with Gasteiger partial charge in [0.25, 0.3) is 0 Å². The molecule has 6 nitrogen and oxygen atoms in total. The van der Waals surface area contributed by atoms with Crippen LogP contribution in [0.15, 0.2) is 16.6 Å². The molecule has 2 heterocycles. The molecule has 1 unspecified atom stereocenters. The second kappa shape index (κ2) is 10.7. The summed E-state index contributed by atoms with van der Waals surface area (Å²) in [6, 6.07) is 0.303. The van der Waals surface area contributed by atoms with Gasteiger partial charge in [-0.05, 0) is 39.0 Å². The third-order valence-corrected chi connectivity index (χ3v) is 5.90. The molecule has 0 aromatic heterocycles. The lowest BCUT2D eigenvalue weighted by molar-refractivity contribution is -0.135. The van der Waals surface area contributed by atoms with Crippen LogP contribution in [0.2, 0.25) is 0 Å². The van der Waals surface area contributed by atoms with Gasteiger partial charge in [0.15, 0.2) is 5.96 Å². The Morgan fingerprint density at radius 3 is 2.89 bits per heavy atom. The predicted molar refractivity (Wildman–Crippen MR) is 109 cm³/mol.